The van der Waals surface area contributed by atoms with Crippen molar-refractivity contribution in [1.82, 2.24) is 9.78 Å². The highest BCUT2D eigenvalue weighted by molar-refractivity contribution is 7.71. The Morgan fingerprint density at radius 1 is 1.22 bits per heavy atom. The first-order valence-corrected chi connectivity index (χ1v) is 7.97. The van der Waals surface area contributed by atoms with Crippen LogP contribution in [0.25, 0.3) is 11.5 Å². The molecule has 23 heavy (non-hydrogen) atoms. The van der Waals surface area contributed by atoms with Gasteiger partial charge in [-0.05, 0) is 49.8 Å². The summed E-state index contributed by atoms with van der Waals surface area (Å²) in [5, 5.41) is 8.30. The van der Waals surface area contributed by atoms with E-state index in [1.54, 1.807) is 10.7 Å². The molecular formula is C17H16ClN3OS. The van der Waals surface area contributed by atoms with E-state index in [0.717, 1.165) is 11.3 Å². The number of rotatable bonds is 4. The molecule has 0 bridgehead atoms. The van der Waals surface area contributed by atoms with Crippen LogP contribution in [-0.4, -0.2) is 9.78 Å². The van der Waals surface area contributed by atoms with Crippen LogP contribution in [0.1, 0.15) is 11.1 Å². The largest absolute Gasteiger partial charge is 0.409 e. The van der Waals surface area contributed by atoms with Crippen molar-refractivity contribution in [3.05, 3.63) is 63.5 Å². The Bertz CT molecular complexity index is 901. The lowest BCUT2D eigenvalue weighted by atomic mass is 10.1. The van der Waals surface area contributed by atoms with E-state index in [2.05, 4.69) is 36.4 Å². The Morgan fingerprint density at radius 2 is 2.00 bits per heavy atom. The summed E-state index contributed by atoms with van der Waals surface area (Å²) in [7, 11) is 0. The number of aryl methyl sites for hydroxylation is 2. The second-order valence-corrected chi connectivity index (χ2v) is 6.06. The summed E-state index contributed by atoms with van der Waals surface area (Å²) in [6.07, 6.45) is 0. The van der Waals surface area contributed by atoms with Crippen molar-refractivity contribution in [2.45, 2.75) is 20.5 Å². The summed E-state index contributed by atoms with van der Waals surface area (Å²) < 4.78 is 7.17. The van der Waals surface area contributed by atoms with Crippen LogP contribution in [0.15, 0.2) is 46.9 Å². The van der Waals surface area contributed by atoms with E-state index in [-0.39, 0.29) is 0 Å². The van der Waals surface area contributed by atoms with Gasteiger partial charge in [-0.25, -0.2) is 4.68 Å². The maximum atomic E-state index is 6.17. The maximum absolute atomic E-state index is 6.17. The van der Waals surface area contributed by atoms with Crippen LogP contribution in [0.4, 0.5) is 5.69 Å². The van der Waals surface area contributed by atoms with Crippen LogP contribution in [-0.2, 0) is 6.67 Å². The molecule has 4 nitrogen and oxygen atoms in total. The molecule has 0 aliphatic carbocycles. The number of benzene rings is 2. The molecule has 0 unspecified atom stereocenters. The Kier molecular flexibility index (Phi) is 4.50. The van der Waals surface area contributed by atoms with Gasteiger partial charge in [-0.2, -0.15) is 0 Å². The molecule has 3 rings (SSSR count). The third-order valence-corrected chi connectivity index (χ3v) is 4.14. The van der Waals surface area contributed by atoms with Crippen molar-refractivity contribution >= 4 is 29.5 Å². The molecule has 0 spiro atoms. The fourth-order valence-corrected chi connectivity index (χ4v) is 2.72. The van der Waals surface area contributed by atoms with Gasteiger partial charge < -0.3 is 9.73 Å². The molecule has 1 aromatic heterocycles. The second kappa shape index (κ2) is 6.56. The summed E-state index contributed by atoms with van der Waals surface area (Å²) >= 11 is 11.4. The van der Waals surface area contributed by atoms with E-state index >= 15 is 0 Å². The number of nitrogens with one attached hydrogen (secondary N) is 1. The van der Waals surface area contributed by atoms with E-state index in [4.69, 9.17) is 28.2 Å². The van der Waals surface area contributed by atoms with Crippen LogP contribution < -0.4 is 5.32 Å². The standard InChI is InChI=1S/C17H16ClN3OS/c1-11-7-8-15(12(2)9-11)19-10-21-17(23)22-16(20-21)13-5-3-4-6-14(13)18/h3-9,19H,10H2,1-2H3. The van der Waals surface area contributed by atoms with Crippen molar-refractivity contribution in [3.63, 3.8) is 0 Å². The van der Waals surface area contributed by atoms with Crippen LogP contribution >= 0.6 is 23.8 Å². The molecule has 0 saturated heterocycles. The van der Waals surface area contributed by atoms with Crippen LogP contribution in [0, 0.1) is 18.7 Å². The Hall–Kier alpha value is -2.11. The average Bonchev–Trinajstić information content (AvgIpc) is 2.88. The van der Waals surface area contributed by atoms with Crippen molar-refractivity contribution in [2.24, 2.45) is 0 Å². The number of halogens is 1. The second-order valence-electron chi connectivity index (χ2n) is 5.31. The smallest absolute Gasteiger partial charge is 0.289 e. The fourth-order valence-electron chi connectivity index (χ4n) is 2.32. The molecule has 0 saturated carbocycles. The van der Waals surface area contributed by atoms with Gasteiger partial charge in [0.15, 0.2) is 0 Å². The summed E-state index contributed by atoms with van der Waals surface area (Å²) in [6, 6.07) is 13.6. The molecule has 0 radical (unpaired) electrons. The molecule has 0 amide bonds. The molecular weight excluding hydrogens is 330 g/mol. The first-order valence-electron chi connectivity index (χ1n) is 7.18. The quantitative estimate of drug-likeness (QED) is 0.659. The predicted molar refractivity (Wildman–Crippen MR) is 95.3 cm³/mol. The highest BCUT2D eigenvalue weighted by atomic mass is 35.5. The van der Waals surface area contributed by atoms with Crippen molar-refractivity contribution in [1.29, 1.82) is 0 Å². The van der Waals surface area contributed by atoms with E-state index in [1.165, 1.54) is 11.1 Å². The van der Waals surface area contributed by atoms with Gasteiger partial charge in [0.05, 0.1) is 10.6 Å². The van der Waals surface area contributed by atoms with Gasteiger partial charge in [0.25, 0.3) is 4.84 Å². The molecule has 118 valence electrons. The molecule has 1 heterocycles. The van der Waals surface area contributed by atoms with Crippen LogP contribution in [0.2, 0.25) is 5.02 Å². The van der Waals surface area contributed by atoms with Gasteiger partial charge in [0.1, 0.15) is 6.67 Å². The van der Waals surface area contributed by atoms with Crippen molar-refractivity contribution in [2.75, 3.05) is 5.32 Å². The predicted octanol–water partition coefficient (Wildman–Crippen LogP) is 5.21. The lowest BCUT2D eigenvalue weighted by Gasteiger charge is -2.09. The van der Waals surface area contributed by atoms with Gasteiger partial charge in [-0.15, -0.1) is 5.10 Å². The fraction of sp³-hybridized carbons (Fsp3) is 0.176. The summed E-state index contributed by atoms with van der Waals surface area (Å²) in [6.45, 7) is 4.56. The highest BCUT2D eigenvalue weighted by Crippen LogP contribution is 2.26. The monoisotopic (exact) mass is 345 g/mol. The van der Waals surface area contributed by atoms with Gasteiger partial charge in [0.2, 0.25) is 5.89 Å². The maximum Gasteiger partial charge on any atom is 0.289 e. The minimum atomic E-state index is 0.303. The first kappa shape index (κ1) is 15.8. The summed E-state index contributed by atoms with van der Waals surface area (Å²) in [5.74, 6) is 0.419. The Labute approximate surface area is 144 Å². The lowest BCUT2D eigenvalue weighted by molar-refractivity contribution is 0.522. The number of hydrogen-bond acceptors (Lipinski definition) is 4. The topological polar surface area (TPSA) is 43.0 Å². The average molecular weight is 346 g/mol. The zero-order valence-electron chi connectivity index (χ0n) is 12.8. The first-order chi connectivity index (χ1) is 11.0. The van der Waals surface area contributed by atoms with Gasteiger partial charge in [-0.3, -0.25) is 0 Å². The third kappa shape index (κ3) is 3.46. The van der Waals surface area contributed by atoms with Gasteiger partial charge in [0, 0.05) is 5.69 Å². The molecule has 6 heteroatoms. The number of aromatic nitrogens is 2. The summed E-state index contributed by atoms with van der Waals surface area (Å²) in [5.41, 5.74) is 4.17. The Morgan fingerprint density at radius 3 is 2.74 bits per heavy atom. The minimum absolute atomic E-state index is 0.303. The van der Waals surface area contributed by atoms with Crippen LogP contribution in [0.5, 0.6) is 0 Å². The zero-order chi connectivity index (χ0) is 16.4. The molecule has 2 aromatic carbocycles. The SMILES string of the molecule is Cc1ccc(NCn2nc(-c3ccccc3Cl)oc2=S)c(C)c1. The zero-order valence-corrected chi connectivity index (χ0v) is 14.4. The van der Waals surface area contributed by atoms with Gasteiger partial charge >= 0.3 is 0 Å². The Balaban J connectivity index is 1.82. The molecule has 3 aromatic rings. The minimum Gasteiger partial charge on any atom is -0.409 e. The number of nitrogens with zero attached hydrogens (tertiary/aromatic N) is 2. The normalized spacial score (nSPS) is 10.7. The number of hydrogen-bond donors (Lipinski definition) is 1. The van der Waals surface area contributed by atoms with Crippen molar-refractivity contribution < 1.29 is 4.42 Å². The molecule has 0 aliphatic heterocycles. The lowest BCUT2D eigenvalue weighted by Crippen LogP contribution is -2.10. The number of anilines is 1. The molecule has 1 N–H and O–H groups in total. The molecule has 0 atom stereocenters. The highest BCUT2D eigenvalue weighted by Gasteiger charge is 2.11. The summed E-state index contributed by atoms with van der Waals surface area (Å²) in [4.78, 5) is 0.303. The van der Waals surface area contributed by atoms with E-state index in [0.29, 0.717) is 22.4 Å². The van der Waals surface area contributed by atoms with E-state index in [9.17, 15) is 0 Å². The van der Waals surface area contributed by atoms with Gasteiger partial charge in [-0.1, -0.05) is 41.4 Å². The van der Waals surface area contributed by atoms with Crippen LogP contribution in [0.3, 0.4) is 0 Å². The third-order valence-electron chi connectivity index (χ3n) is 3.51. The van der Waals surface area contributed by atoms with E-state index < -0.39 is 0 Å². The van der Waals surface area contributed by atoms with Crippen molar-refractivity contribution in [3.8, 4) is 11.5 Å². The molecule has 0 aliphatic rings. The molecule has 0 fully saturated rings. The van der Waals surface area contributed by atoms with E-state index in [1.807, 2.05) is 24.3 Å².